The predicted octanol–water partition coefficient (Wildman–Crippen LogP) is 1.65. The summed E-state index contributed by atoms with van der Waals surface area (Å²) in [6, 6.07) is -1.50. The number of carbonyl (C=O) groups is 2. The van der Waals surface area contributed by atoms with Gasteiger partial charge in [0.2, 0.25) is 12.3 Å². The summed E-state index contributed by atoms with van der Waals surface area (Å²) in [7, 11) is 0. The van der Waals surface area contributed by atoms with Crippen molar-refractivity contribution < 1.29 is 23.5 Å². The number of nitrogens with one attached hydrogen (secondary N) is 1. The van der Waals surface area contributed by atoms with Crippen molar-refractivity contribution in [2.45, 2.75) is 45.6 Å². The molecule has 4 nitrogen and oxygen atoms in total. The maximum absolute atomic E-state index is 12.0. The summed E-state index contributed by atoms with van der Waals surface area (Å²) in [6.07, 6.45) is -2.67. The summed E-state index contributed by atoms with van der Waals surface area (Å²) in [5, 5.41) is 10.7. The molecule has 2 N–H and O–H groups in total. The van der Waals surface area contributed by atoms with Gasteiger partial charge in [-0.15, -0.1) is 0 Å². The fourth-order valence-corrected chi connectivity index (χ4v) is 1.11. The highest BCUT2D eigenvalue weighted by atomic mass is 19.3. The minimum atomic E-state index is -2.75. The first-order chi connectivity index (χ1) is 7.36. The van der Waals surface area contributed by atoms with Crippen LogP contribution in [-0.4, -0.2) is 29.5 Å². The second-order valence-corrected chi connectivity index (χ2v) is 3.80. The van der Waals surface area contributed by atoms with Crippen molar-refractivity contribution in [3.8, 4) is 0 Å². The average Bonchev–Trinajstić information content (AvgIpc) is 2.15. The second-order valence-electron chi connectivity index (χ2n) is 3.80. The molecule has 0 aliphatic heterocycles. The van der Waals surface area contributed by atoms with Crippen LogP contribution in [0, 0.1) is 5.92 Å². The molecule has 6 heteroatoms. The van der Waals surface area contributed by atoms with E-state index < -0.39 is 30.8 Å². The first kappa shape index (κ1) is 14.8. The van der Waals surface area contributed by atoms with Gasteiger partial charge in [-0.1, -0.05) is 20.3 Å². The molecular formula is C10H17F2NO3. The normalized spacial score (nSPS) is 14.6. The second kappa shape index (κ2) is 7.14. The Morgan fingerprint density at radius 3 is 2.31 bits per heavy atom. The molecule has 0 saturated carbocycles. The van der Waals surface area contributed by atoms with E-state index in [9.17, 15) is 18.4 Å². The summed E-state index contributed by atoms with van der Waals surface area (Å²) in [5.74, 6) is -1.82. The maximum atomic E-state index is 12.0. The molecule has 2 atom stereocenters. The van der Waals surface area contributed by atoms with Gasteiger partial charge in [-0.05, 0) is 5.92 Å². The van der Waals surface area contributed by atoms with Gasteiger partial charge in [0.15, 0.2) is 0 Å². The molecule has 94 valence electrons. The molecule has 0 saturated heterocycles. The predicted molar refractivity (Wildman–Crippen MR) is 54.3 cm³/mol. The molecule has 0 rings (SSSR count). The lowest BCUT2D eigenvalue weighted by molar-refractivity contribution is -0.143. The maximum Gasteiger partial charge on any atom is 0.326 e. The van der Waals surface area contributed by atoms with Crippen molar-refractivity contribution in [3.63, 3.8) is 0 Å². The zero-order chi connectivity index (χ0) is 12.7. The van der Waals surface area contributed by atoms with Crippen molar-refractivity contribution in [2.75, 3.05) is 0 Å². The number of amides is 1. The lowest BCUT2D eigenvalue weighted by Crippen LogP contribution is -2.42. The van der Waals surface area contributed by atoms with Crippen LogP contribution < -0.4 is 5.32 Å². The lowest BCUT2D eigenvalue weighted by atomic mass is 10.0. The Morgan fingerprint density at radius 1 is 1.38 bits per heavy atom. The minimum absolute atomic E-state index is 0.112. The van der Waals surface area contributed by atoms with Crippen LogP contribution in [0.15, 0.2) is 0 Å². The zero-order valence-electron chi connectivity index (χ0n) is 9.37. The Bertz CT molecular complexity index is 246. The molecule has 1 amide bonds. The fourth-order valence-electron chi connectivity index (χ4n) is 1.11. The largest absolute Gasteiger partial charge is 0.480 e. The zero-order valence-corrected chi connectivity index (χ0v) is 9.37. The van der Waals surface area contributed by atoms with Gasteiger partial charge in [0, 0.05) is 12.8 Å². The molecule has 2 unspecified atom stereocenters. The van der Waals surface area contributed by atoms with Gasteiger partial charge in [0.05, 0.1) is 0 Å². The van der Waals surface area contributed by atoms with Gasteiger partial charge in [-0.2, -0.15) is 0 Å². The minimum Gasteiger partial charge on any atom is -0.480 e. The number of carboxylic acids is 1. The van der Waals surface area contributed by atoms with Crippen LogP contribution in [0.25, 0.3) is 0 Å². The number of halogens is 2. The van der Waals surface area contributed by atoms with Crippen LogP contribution in [0.1, 0.15) is 33.1 Å². The van der Waals surface area contributed by atoms with Crippen molar-refractivity contribution in [1.82, 2.24) is 5.32 Å². The summed E-state index contributed by atoms with van der Waals surface area (Å²) >= 11 is 0. The third-order valence-electron chi connectivity index (χ3n) is 2.28. The van der Waals surface area contributed by atoms with Crippen molar-refractivity contribution in [3.05, 3.63) is 0 Å². The molecule has 0 bridgehead atoms. The Morgan fingerprint density at radius 2 is 1.94 bits per heavy atom. The number of carbonyl (C=O) groups excluding carboxylic acids is 1. The Kier molecular flexibility index (Phi) is 6.60. The summed E-state index contributed by atoms with van der Waals surface area (Å²) < 4.78 is 24.0. The van der Waals surface area contributed by atoms with Crippen LogP contribution >= 0.6 is 0 Å². The highest BCUT2D eigenvalue weighted by Crippen LogP contribution is 2.08. The first-order valence-electron chi connectivity index (χ1n) is 5.17. The van der Waals surface area contributed by atoms with Crippen LogP contribution in [0.2, 0.25) is 0 Å². The number of hydrogen-bond acceptors (Lipinski definition) is 2. The van der Waals surface area contributed by atoms with Crippen molar-refractivity contribution in [2.24, 2.45) is 5.92 Å². The fraction of sp³-hybridized carbons (Fsp3) is 0.800. The Hall–Kier alpha value is -1.20. The third-order valence-corrected chi connectivity index (χ3v) is 2.28. The lowest BCUT2D eigenvalue weighted by Gasteiger charge is -2.15. The topological polar surface area (TPSA) is 66.4 Å². The Balaban J connectivity index is 4.18. The molecule has 0 aliphatic carbocycles. The molecule has 0 heterocycles. The van der Waals surface area contributed by atoms with E-state index in [2.05, 4.69) is 5.32 Å². The van der Waals surface area contributed by atoms with E-state index in [-0.39, 0.29) is 12.3 Å². The number of hydrogen-bond donors (Lipinski definition) is 2. The van der Waals surface area contributed by atoms with E-state index in [0.29, 0.717) is 0 Å². The summed E-state index contributed by atoms with van der Waals surface area (Å²) in [4.78, 5) is 21.9. The van der Waals surface area contributed by atoms with E-state index in [4.69, 9.17) is 5.11 Å². The van der Waals surface area contributed by atoms with Crippen LogP contribution in [0.5, 0.6) is 0 Å². The number of aliphatic carboxylic acids is 1. The van der Waals surface area contributed by atoms with Crippen LogP contribution in [0.4, 0.5) is 8.78 Å². The van der Waals surface area contributed by atoms with E-state index in [1.54, 1.807) is 0 Å². The number of carboxylic acid groups (broad SMARTS) is 1. The smallest absolute Gasteiger partial charge is 0.326 e. The van der Waals surface area contributed by atoms with Gasteiger partial charge in [-0.3, -0.25) is 4.79 Å². The highest BCUT2D eigenvalue weighted by Gasteiger charge is 2.24. The Labute approximate surface area is 93.0 Å². The van der Waals surface area contributed by atoms with E-state index in [0.717, 1.165) is 6.42 Å². The molecule has 16 heavy (non-hydrogen) atoms. The molecule has 0 aromatic rings. The quantitative estimate of drug-likeness (QED) is 0.707. The standard InChI is InChI=1S/C10H17F2NO3/c1-3-6(2)4-9(14)13-7(10(15)16)5-8(11)12/h6-8H,3-5H2,1-2H3,(H,13,14)(H,15,16). The van der Waals surface area contributed by atoms with Crippen molar-refractivity contribution >= 4 is 11.9 Å². The highest BCUT2D eigenvalue weighted by molar-refractivity contribution is 5.83. The number of alkyl halides is 2. The molecule has 0 aromatic carbocycles. The molecule has 0 aromatic heterocycles. The number of rotatable bonds is 7. The van der Waals surface area contributed by atoms with Crippen LogP contribution in [0.3, 0.4) is 0 Å². The first-order valence-corrected chi connectivity index (χ1v) is 5.17. The summed E-state index contributed by atoms with van der Waals surface area (Å²) in [5.41, 5.74) is 0. The molecule has 0 radical (unpaired) electrons. The monoisotopic (exact) mass is 237 g/mol. The third kappa shape index (κ3) is 6.31. The van der Waals surface area contributed by atoms with E-state index in [1.165, 1.54) is 0 Å². The average molecular weight is 237 g/mol. The van der Waals surface area contributed by atoms with Gasteiger partial charge in [0.1, 0.15) is 6.04 Å². The SMILES string of the molecule is CCC(C)CC(=O)NC(CC(F)F)C(=O)O. The molecule has 0 fully saturated rings. The van der Waals surface area contributed by atoms with Gasteiger partial charge < -0.3 is 10.4 Å². The summed E-state index contributed by atoms with van der Waals surface area (Å²) in [6.45, 7) is 3.73. The molecular weight excluding hydrogens is 220 g/mol. The van der Waals surface area contributed by atoms with Gasteiger partial charge >= 0.3 is 5.97 Å². The van der Waals surface area contributed by atoms with E-state index >= 15 is 0 Å². The van der Waals surface area contributed by atoms with Crippen molar-refractivity contribution in [1.29, 1.82) is 0 Å². The van der Waals surface area contributed by atoms with Gasteiger partial charge in [0.25, 0.3) is 0 Å². The molecule has 0 spiro atoms. The van der Waals surface area contributed by atoms with Gasteiger partial charge in [-0.25, -0.2) is 13.6 Å². The van der Waals surface area contributed by atoms with E-state index in [1.807, 2.05) is 13.8 Å². The molecule has 0 aliphatic rings. The van der Waals surface area contributed by atoms with Crippen LogP contribution in [-0.2, 0) is 9.59 Å².